The average Bonchev–Trinajstić information content (AvgIpc) is 2.68. The highest BCUT2D eigenvalue weighted by Gasteiger charge is 2.22. The third-order valence-electron chi connectivity index (χ3n) is 4.07. The lowest BCUT2D eigenvalue weighted by molar-refractivity contribution is -0.123. The molecule has 0 radical (unpaired) electrons. The lowest BCUT2D eigenvalue weighted by Gasteiger charge is -2.23. The van der Waals surface area contributed by atoms with Crippen molar-refractivity contribution in [1.29, 1.82) is 10.5 Å². The lowest BCUT2D eigenvalue weighted by Crippen LogP contribution is -2.35. The minimum atomic E-state index is -0.329. The van der Waals surface area contributed by atoms with Crippen LogP contribution in [0.3, 0.4) is 0 Å². The van der Waals surface area contributed by atoms with E-state index in [0.717, 1.165) is 0 Å². The Labute approximate surface area is 158 Å². The fraction of sp³-hybridized carbons (Fsp3) is 0.250. The predicted molar refractivity (Wildman–Crippen MR) is 100 cm³/mol. The number of rotatable bonds is 6. The molecule has 2 rings (SSSR count). The Morgan fingerprint density at radius 2 is 1.88 bits per heavy atom. The first-order valence-electron chi connectivity index (χ1n) is 8.10. The molecule has 1 amide bonds. The standard InChI is InChI=1S/C20H18ClN3O2/c1-3-15(13-26-18-8-4-14(11-22)5-9-18)20(25)24(2)17-7-6-16(12-23)19(21)10-17/h4-10,15H,3,13H2,1-2H3/t15-/m1/s1. The molecule has 0 bridgehead atoms. The molecule has 5 nitrogen and oxygen atoms in total. The van der Waals surface area contributed by atoms with Gasteiger partial charge in [0.25, 0.3) is 0 Å². The van der Waals surface area contributed by atoms with E-state index in [-0.39, 0.29) is 18.4 Å². The van der Waals surface area contributed by atoms with Gasteiger partial charge in [0.1, 0.15) is 11.8 Å². The average molecular weight is 368 g/mol. The number of hydrogen-bond acceptors (Lipinski definition) is 4. The highest BCUT2D eigenvalue weighted by Crippen LogP contribution is 2.24. The summed E-state index contributed by atoms with van der Waals surface area (Å²) >= 11 is 6.05. The third kappa shape index (κ3) is 4.53. The number of amides is 1. The molecule has 0 aliphatic rings. The quantitative estimate of drug-likeness (QED) is 0.768. The second kappa shape index (κ2) is 8.89. The molecule has 0 N–H and O–H groups in total. The largest absolute Gasteiger partial charge is 0.493 e. The molecule has 2 aromatic carbocycles. The van der Waals surface area contributed by atoms with Gasteiger partial charge in [0.15, 0.2) is 0 Å². The fourth-order valence-electron chi connectivity index (χ4n) is 2.39. The van der Waals surface area contributed by atoms with Crippen molar-refractivity contribution in [2.24, 2.45) is 5.92 Å². The van der Waals surface area contributed by atoms with E-state index in [1.165, 1.54) is 4.90 Å². The van der Waals surface area contributed by atoms with Gasteiger partial charge in [-0.3, -0.25) is 4.79 Å². The molecule has 0 heterocycles. The molecule has 132 valence electrons. The van der Waals surface area contributed by atoms with Gasteiger partial charge in [0.2, 0.25) is 5.91 Å². The van der Waals surface area contributed by atoms with Crippen LogP contribution >= 0.6 is 11.6 Å². The molecule has 6 heteroatoms. The van der Waals surface area contributed by atoms with E-state index in [2.05, 4.69) is 0 Å². The second-order valence-electron chi connectivity index (χ2n) is 5.73. The van der Waals surface area contributed by atoms with Gasteiger partial charge in [0.05, 0.1) is 34.7 Å². The number of halogens is 1. The Morgan fingerprint density at radius 1 is 1.19 bits per heavy atom. The predicted octanol–water partition coefficient (Wildman–Crippen LogP) is 4.15. The molecular formula is C20H18ClN3O2. The van der Waals surface area contributed by atoms with Gasteiger partial charge in [-0.2, -0.15) is 10.5 Å². The number of nitrogens with zero attached hydrogens (tertiary/aromatic N) is 3. The van der Waals surface area contributed by atoms with Crippen molar-refractivity contribution in [1.82, 2.24) is 0 Å². The van der Waals surface area contributed by atoms with Crippen LogP contribution in [0, 0.1) is 28.6 Å². The van der Waals surface area contributed by atoms with Crippen molar-refractivity contribution in [3.8, 4) is 17.9 Å². The summed E-state index contributed by atoms with van der Waals surface area (Å²) in [5.41, 5.74) is 1.54. The molecule has 2 aromatic rings. The Kier molecular flexibility index (Phi) is 6.60. The van der Waals surface area contributed by atoms with Gasteiger partial charge in [0, 0.05) is 12.7 Å². The lowest BCUT2D eigenvalue weighted by atomic mass is 10.1. The summed E-state index contributed by atoms with van der Waals surface area (Å²) in [6.45, 7) is 2.15. The maximum atomic E-state index is 12.8. The summed E-state index contributed by atoms with van der Waals surface area (Å²) in [4.78, 5) is 14.3. The minimum absolute atomic E-state index is 0.0954. The summed E-state index contributed by atoms with van der Waals surface area (Å²) in [6.07, 6.45) is 0.615. The number of benzene rings is 2. The van der Waals surface area contributed by atoms with Crippen molar-refractivity contribution >= 4 is 23.2 Å². The van der Waals surface area contributed by atoms with Crippen LogP contribution in [0.4, 0.5) is 5.69 Å². The molecule has 0 saturated carbocycles. The van der Waals surface area contributed by atoms with Crippen molar-refractivity contribution < 1.29 is 9.53 Å². The van der Waals surface area contributed by atoms with Crippen LogP contribution in [0.15, 0.2) is 42.5 Å². The zero-order chi connectivity index (χ0) is 19.1. The zero-order valence-electron chi connectivity index (χ0n) is 14.6. The minimum Gasteiger partial charge on any atom is -0.493 e. The molecule has 0 aliphatic carbocycles. The Hall–Kier alpha value is -3.02. The van der Waals surface area contributed by atoms with E-state index in [1.54, 1.807) is 49.5 Å². The number of hydrogen-bond donors (Lipinski definition) is 0. The molecule has 1 atom stereocenters. The summed E-state index contributed by atoms with van der Waals surface area (Å²) in [7, 11) is 1.67. The van der Waals surface area contributed by atoms with Gasteiger partial charge in [-0.15, -0.1) is 0 Å². The van der Waals surface area contributed by atoms with E-state index in [1.807, 2.05) is 19.1 Å². The maximum absolute atomic E-state index is 12.8. The van der Waals surface area contributed by atoms with Gasteiger partial charge in [-0.1, -0.05) is 18.5 Å². The van der Waals surface area contributed by atoms with Crippen molar-refractivity contribution in [3.63, 3.8) is 0 Å². The topological polar surface area (TPSA) is 77.1 Å². The molecule has 0 unspecified atom stereocenters. The monoisotopic (exact) mass is 367 g/mol. The second-order valence-corrected chi connectivity index (χ2v) is 6.13. The van der Waals surface area contributed by atoms with Crippen LogP contribution in [0.5, 0.6) is 5.75 Å². The highest BCUT2D eigenvalue weighted by atomic mass is 35.5. The summed E-state index contributed by atoms with van der Waals surface area (Å²) in [5.74, 6) is 0.186. The van der Waals surface area contributed by atoms with Crippen molar-refractivity contribution in [2.45, 2.75) is 13.3 Å². The molecule has 0 aromatic heterocycles. The van der Waals surface area contributed by atoms with E-state index in [0.29, 0.717) is 34.0 Å². The number of carbonyl (C=O) groups excluding carboxylic acids is 1. The highest BCUT2D eigenvalue weighted by molar-refractivity contribution is 6.32. The number of nitriles is 2. The SMILES string of the molecule is CC[C@H](COc1ccc(C#N)cc1)C(=O)N(C)c1ccc(C#N)c(Cl)c1. The van der Waals surface area contributed by atoms with Gasteiger partial charge < -0.3 is 9.64 Å². The molecule has 26 heavy (non-hydrogen) atoms. The Balaban J connectivity index is 2.06. The zero-order valence-corrected chi connectivity index (χ0v) is 15.3. The van der Waals surface area contributed by atoms with Crippen molar-refractivity contribution in [3.05, 3.63) is 58.6 Å². The van der Waals surface area contributed by atoms with Gasteiger partial charge in [-0.25, -0.2) is 0 Å². The van der Waals surface area contributed by atoms with Crippen molar-refractivity contribution in [2.75, 3.05) is 18.6 Å². The first kappa shape index (κ1) is 19.3. The van der Waals surface area contributed by atoms with Crippen LogP contribution in [0.25, 0.3) is 0 Å². The van der Waals surface area contributed by atoms with Crippen LogP contribution in [0.1, 0.15) is 24.5 Å². The number of anilines is 1. The summed E-state index contributed by atoms with van der Waals surface area (Å²) in [5, 5.41) is 18.1. The third-order valence-corrected chi connectivity index (χ3v) is 4.38. The van der Waals surface area contributed by atoms with Gasteiger partial charge in [-0.05, 0) is 48.9 Å². The smallest absolute Gasteiger partial charge is 0.233 e. The molecule has 0 aliphatic heterocycles. The van der Waals surface area contributed by atoms with Crippen LogP contribution in [0.2, 0.25) is 5.02 Å². The Morgan fingerprint density at radius 3 is 2.42 bits per heavy atom. The fourth-order valence-corrected chi connectivity index (χ4v) is 2.61. The number of carbonyl (C=O) groups is 1. The summed E-state index contributed by atoms with van der Waals surface area (Å²) < 4.78 is 5.70. The number of ether oxygens (including phenoxy) is 1. The normalized spacial score (nSPS) is 11.1. The van der Waals surface area contributed by atoms with E-state index < -0.39 is 0 Å². The molecule has 0 fully saturated rings. The van der Waals surface area contributed by atoms with E-state index in [4.69, 9.17) is 26.9 Å². The van der Waals surface area contributed by atoms with Crippen LogP contribution in [-0.4, -0.2) is 19.6 Å². The first-order valence-corrected chi connectivity index (χ1v) is 8.48. The molecule has 0 saturated heterocycles. The van der Waals surface area contributed by atoms with E-state index >= 15 is 0 Å². The molecular weight excluding hydrogens is 350 g/mol. The van der Waals surface area contributed by atoms with E-state index in [9.17, 15) is 4.79 Å². The summed E-state index contributed by atoms with van der Waals surface area (Å²) in [6, 6.07) is 15.7. The van der Waals surface area contributed by atoms with Gasteiger partial charge >= 0.3 is 0 Å². The van der Waals surface area contributed by atoms with Crippen LogP contribution < -0.4 is 9.64 Å². The molecule has 0 spiro atoms. The van der Waals surface area contributed by atoms with Crippen LogP contribution in [-0.2, 0) is 4.79 Å². The Bertz CT molecular complexity index is 866. The maximum Gasteiger partial charge on any atom is 0.233 e. The first-order chi connectivity index (χ1) is 12.5.